The molecule has 0 saturated carbocycles. The molecule has 1 atom stereocenters. The summed E-state index contributed by atoms with van der Waals surface area (Å²) in [7, 11) is 2.01. The maximum Gasteiger partial charge on any atom is 0.342 e. The molecule has 10 heteroatoms. The smallest absolute Gasteiger partial charge is 0.342 e. The third-order valence-electron chi connectivity index (χ3n) is 7.13. The van der Waals surface area contributed by atoms with Crippen LogP contribution in [0.3, 0.4) is 0 Å². The molecule has 0 bridgehead atoms. The van der Waals surface area contributed by atoms with E-state index in [4.69, 9.17) is 18.9 Å². The number of esters is 1. The summed E-state index contributed by atoms with van der Waals surface area (Å²) >= 11 is 1.11. The molecular weight excluding hydrogens is 506 g/mol. The summed E-state index contributed by atoms with van der Waals surface area (Å²) in [6.45, 7) is 2.24. The first-order valence-electron chi connectivity index (χ1n) is 12.3. The molecule has 4 aromatic rings. The van der Waals surface area contributed by atoms with Crippen molar-refractivity contribution in [3.63, 3.8) is 0 Å². The second-order valence-electron chi connectivity index (χ2n) is 9.46. The predicted octanol–water partition coefficient (Wildman–Crippen LogP) is 3.69. The summed E-state index contributed by atoms with van der Waals surface area (Å²) < 4.78 is 31.6. The first-order chi connectivity index (χ1) is 18.5. The second kappa shape index (κ2) is 8.71. The SMILES string of the molecule is CN1CCOc2ccc(CC3=C(c4ccc5nsnc5c4)C(=O)OC3(O)c3ccc4c(c3)OCCO4)cc21. The van der Waals surface area contributed by atoms with E-state index in [9.17, 15) is 9.90 Å². The van der Waals surface area contributed by atoms with Crippen molar-refractivity contribution in [2.24, 2.45) is 0 Å². The van der Waals surface area contributed by atoms with Crippen LogP contribution in [0.5, 0.6) is 17.2 Å². The van der Waals surface area contributed by atoms with E-state index in [1.807, 2.05) is 37.4 Å². The van der Waals surface area contributed by atoms with Crippen molar-refractivity contribution in [2.75, 3.05) is 38.3 Å². The lowest BCUT2D eigenvalue weighted by Gasteiger charge is -2.29. The number of aliphatic hydroxyl groups is 1. The van der Waals surface area contributed by atoms with Gasteiger partial charge in [-0.3, -0.25) is 0 Å². The lowest BCUT2D eigenvalue weighted by Crippen LogP contribution is -2.30. The Balaban J connectivity index is 1.39. The summed E-state index contributed by atoms with van der Waals surface area (Å²) in [5, 5.41) is 12.1. The number of likely N-dealkylation sites (N-methyl/N-ethyl adjacent to an activating group) is 1. The van der Waals surface area contributed by atoms with Gasteiger partial charge in [0.1, 0.15) is 36.6 Å². The number of carbonyl (C=O) groups excluding carboxylic acids is 1. The number of fused-ring (bicyclic) bond motifs is 3. The molecule has 0 radical (unpaired) electrons. The van der Waals surface area contributed by atoms with Gasteiger partial charge in [-0.15, -0.1) is 0 Å². The standard InChI is InChI=1S/C28H23N3O6S/c1-31-8-9-34-23-6-2-16(13-22(23)31)12-19-26(17-3-5-20-21(14-17)30-38-29-20)27(32)37-28(19,33)18-4-7-24-25(15-18)36-11-10-35-24/h2-7,13-15,33H,8-12H2,1H3. The number of hydrogen-bond acceptors (Lipinski definition) is 10. The third-order valence-corrected chi connectivity index (χ3v) is 7.69. The number of aromatic nitrogens is 2. The normalized spacial score (nSPS) is 20.4. The van der Waals surface area contributed by atoms with Gasteiger partial charge in [0.25, 0.3) is 5.79 Å². The summed E-state index contributed by atoms with van der Waals surface area (Å²) in [5.41, 5.74) is 5.01. The van der Waals surface area contributed by atoms with Crippen molar-refractivity contribution < 1.29 is 28.8 Å². The van der Waals surface area contributed by atoms with Crippen LogP contribution in [-0.4, -0.2) is 53.2 Å². The summed E-state index contributed by atoms with van der Waals surface area (Å²) in [5.74, 6) is -0.737. The number of cyclic esters (lactones) is 1. The van der Waals surface area contributed by atoms with Crippen LogP contribution in [0, 0.1) is 0 Å². The summed E-state index contributed by atoms with van der Waals surface area (Å²) in [6.07, 6.45) is 0.264. The molecule has 3 aliphatic rings. The van der Waals surface area contributed by atoms with Crippen LogP contribution in [0.15, 0.2) is 60.2 Å². The molecule has 3 aliphatic heterocycles. The fourth-order valence-electron chi connectivity index (χ4n) is 5.17. The number of rotatable bonds is 4. The van der Waals surface area contributed by atoms with Gasteiger partial charge in [-0.2, -0.15) is 8.75 Å². The monoisotopic (exact) mass is 529 g/mol. The Morgan fingerprint density at radius 1 is 0.921 bits per heavy atom. The minimum atomic E-state index is -2.00. The molecule has 7 rings (SSSR count). The van der Waals surface area contributed by atoms with Gasteiger partial charge < -0.3 is 29.0 Å². The molecule has 3 aromatic carbocycles. The fourth-order valence-corrected chi connectivity index (χ4v) is 5.69. The van der Waals surface area contributed by atoms with Crippen molar-refractivity contribution in [2.45, 2.75) is 12.2 Å². The van der Waals surface area contributed by atoms with Crippen molar-refractivity contribution in [1.82, 2.24) is 8.75 Å². The maximum atomic E-state index is 13.5. The minimum Gasteiger partial charge on any atom is -0.490 e. The molecule has 0 aliphatic carbocycles. The Kier molecular flexibility index (Phi) is 5.27. The Hall–Kier alpha value is -4.15. The van der Waals surface area contributed by atoms with Crippen LogP contribution in [-0.2, 0) is 21.7 Å². The molecule has 38 heavy (non-hydrogen) atoms. The highest BCUT2D eigenvalue weighted by Gasteiger charge is 2.48. The molecule has 0 fully saturated rings. The molecule has 9 nitrogen and oxygen atoms in total. The second-order valence-corrected chi connectivity index (χ2v) is 9.99. The Morgan fingerprint density at radius 2 is 1.71 bits per heavy atom. The first kappa shape index (κ1) is 23.0. The summed E-state index contributed by atoms with van der Waals surface area (Å²) in [4.78, 5) is 15.6. The van der Waals surface area contributed by atoms with Gasteiger partial charge in [0.15, 0.2) is 11.5 Å². The van der Waals surface area contributed by atoms with Crippen LogP contribution in [0.1, 0.15) is 16.7 Å². The van der Waals surface area contributed by atoms with Crippen LogP contribution >= 0.6 is 11.7 Å². The van der Waals surface area contributed by atoms with E-state index in [2.05, 4.69) is 13.6 Å². The zero-order valence-electron chi connectivity index (χ0n) is 20.5. The van der Waals surface area contributed by atoms with Crippen LogP contribution in [0.2, 0.25) is 0 Å². The molecule has 0 saturated heterocycles. The van der Waals surface area contributed by atoms with Gasteiger partial charge in [0.2, 0.25) is 0 Å². The van der Waals surface area contributed by atoms with Crippen molar-refractivity contribution in [1.29, 1.82) is 0 Å². The van der Waals surface area contributed by atoms with Gasteiger partial charge in [0, 0.05) is 24.6 Å². The molecule has 1 aromatic heterocycles. The van der Waals surface area contributed by atoms with E-state index in [-0.39, 0.29) is 6.42 Å². The largest absolute Gasteiger partial charge is 0.490 e. The van der Waals surface area contributed by atoms with Crippen LogP contribution in [0.25, 0.3) is 16.6 Å². The number of benzene rings is 3. The molecule has 1 unspecified atom stereocenters. The molecule has 0 spiro atoms. The molecule has 192 valence electrons. The molecule has 4 heterocycles. The number of anilines is 1. The number of nitrogens with zero attached hydrogens (tertiary/aromatic N) is 3. The predicted molar refractivity (Wildman–Crippen MR) is 141 cm³/mol. The van der Waals surface area contributed by atoms with Crippen molar-refractivity contribution >= 4 is 40.0 Å². The quantitative estimate of drug-likeness (QED) is 0.397. The van der Waals surface area contributed by atoms with Gasteiger partial charge in [-0.1, -0.05) is 12.1 Å². The van der Waals surface area contributed by atoms with E-state index >= 15 is 0 Å². The Labute approximate surface area is 222 Å². The van der Waals surface area contributed by atoms with Crippen LogP contribution < -0.4 is 19.1 Å². The Morgan fingerprint density at radius 3 is 2.61 bits per heavy atom. The molecule has 1 N–H and O–H groups in total. The number of hydrogen-bond donors (Lipinski definition) is 1. The highest BCUT2D eigenvalue weighted by atomic mass is 32.1. The first-order valence-corrected chi connectivity index (χ1v) is 13.0. The minimum absolute atomic E-state index is 0.264. The van der Waals surface area contributed by atoms with E-state index in [1.165, 1.54) is 0 Å². The highest BCUT2D eigenvalue weighted by molar-refractivity contribution is 7.00. The van der Waals surface area contributed by atoms with Crippen LogP contribution in [0.4, 0.5) is 5.69 Å². The van der Waals surface area contributed by atoms with Gasteiger partial charge in [0.05, 0.1) is 29.5 Å². The lowest BCUT2D eigenvalue weighted by molar-refractivity contribution is -0.185. The molecule has 0 amide bonds. The summed E-state index contributed by atoms with van der Waals surface area (Å²) in [6, 6.07) is 16.4. The number of ether oxygens (including phenoxy) is 4. The van der Waals surface area contributed by atoms with E-state index in [0.717, 1.165) is 40.8 Å². The highest BCUT2D eigenvalue weighted by Crippen LogP contribution is 2.47. The van der Waals surface area contributed by atoms with E-state index in [1.54, 1.807) is 24.3 Å². The average Bonchev–Trinajstić information content (AvgIpc) is 3.50. The zero-order chi connectivity index (χ0) is 25.9. The van der Waals surface area contributed by atoms with E-state index in [0.29, 0.717) is 59.1 Å². The fraction of sp³-hybridized carbons (Fsp3) is 0.250. The lowest BCUT2D eigenvalue weighted by atomic mass is 9.87. The van der Waals surface area contributed by atoms with Gasteiger partial charge in [-0.05, 0) is 53.6 Å². The van der Waals surface area contributed by atoms with Gasteiger partial charge in [-0.25, -0.2) is 4.79 Å². The number of carbonyl (C=O) groups is 1. The zero-order valence-corrected chi connectivity index (χ0v) is 21.3. The van der Waals surface area contributed by atoms with E-state index < -0.39 is 11.8 Å². The van der Waals surface area contributed by atoms with Crippen molar-refractivity contribution in [3.8, 4) is 17.2 Å². The molecular formula is C28H23N3O6S. The van der Waals surface area contributed by atoms with Gasteiger partial charge >= 0.3 is 5.97 Å². The maximum absolute atomic E-state index is 13.5. The Bertz CT molecular complexity index is 1630. The third kappa shape index (κ3) is 3.67. The van der Waals surface area contributed by atoms with Crippen molar-refractivity contribution in [3.05, 3.63) is 76.9 Å². The topological polar surface area (TPSA) is 103 Å². The average molecular weight is 530 g/mol.